The molecule has 29 heavy (non-hydrogen) atoms. The summed E-state index contributed by atoms with van der Waals surface area (Å²) in [6.45, 7) is 1.30. The lowest BCUT2D eigenvalue weighted by molar-refractivity contribution is -0.383. The van der Waals surface area contributed by atoms with Gasteiger partial charge in [-0.3, -0.25) is 25.0 Å². The SMILES string of the molecule is CC(=O)Oc1ccc2cc(C(=O)NC(=O)Nc3ccccc3[N+](=O)[O-])ccc2c1. The Bertz CT molecular complexity index is 1140. The number of ether oxygens (including phenoxy) is 1. The first-order valence-electron chi connectivity index (χ1n) is 8.41. The molecule has 0 heterocycles. The van der Waals surface area contributed by atoms with Crippen molar-refractivity contribution in [2.75, 3.05) is 5.32 Å². The van der Waals surface area contributed by atoms with Gasteiger partial charge in [0.05, 0.1) is 4.92 Å². The topological polar surface area (TPSA) is 128 Å². The van der Waals surface area contributed by atoms with Crippen molar-refractivity contribution in [1.82, 2.24) is 5.32 Å². The van der Waals surface area contributed by atoms with Crippen LogP contribution in [0.25, 0.3) is 10.8 Å². The normalized spacial score (nSPS) is 10.2. The van der Waals surface area contributed by atoms with Crippen LogP contribution in [0.3, 0.4) is 0 Å². The first kappa shape index (κ1) is 19.5. The van der Waals surface area contributed by atoms with Crippen LogP contribution in [0, 0.1) is 10.1 Å². The van der Waals surface area contributed by atoms with Crippen LogP contribution in [0.4, 0.5) is 16.2 Å². The monoisotopic (exact) mass is 393 g/mol. The summed E-state index contributed by atoms with van der Waals surface area (Å²) in [4.78, 5) is 45.8. The predicted molar refractivity (Wildman–Crippen MR) is 105 cm³/mol. The number of carbonyl (C=O) groups is 3. The molecule has 0 fully saturated rings. The fourth-order valence-electron chi connectivity index (χ4n) is 2.66. The smallest absolute Gasteiger partial charge is 0.326 e. The number of rotatable bonds is 4. The number of nitrogens with zero attached hydrogens (tertiary/aromatic N) is 1. The summed E-state index contributed by atoms with van der Waals surface area (Å²) in [5.74, 6) is -0.733. The lowest BCUT2D eigenvalue weighted by atomic mass is 10.1. The van der Waals surface area contributed by atoms with Gasteiger partial charge in [-0.1, -0.05) is 24.3 Å². The molecule has 0 radical (unpaired) electrons. The van der Waals surface area contributed by atoms with Crippen molar-refractivity contribution < 1.29 is 24.0 Å². The van der Waals surface area contributed by atoms with Gasteiger partial charge in [0.15, 0.2) is 0 Å². The molecule has 0 aliphatic carbocycles. The molecule has 2 N–H and O–H groups in total. The third-order valence-corrected chi connectivity index (χ3v) is 3.91. The summed E-state index contributed by atoms with van der Waals surface area (Å²) >= 11 is 0. The number of urea groups is 1. The van der Waals surface area contributed by atoms with Crippen LogP contribution in [-0.4, -0.2) is 22.8 Å². The Morgan fingerprint density at radius 2 is 1.66 bits per heavy atom. The minimum absolute atomic E-state index is 0.0284. The van der Waals surface area contributed by atoms with Gasteiger partial charge >= 0.3 is 12.0 Å². The summed E-state index contributed by atoms with van der Waals surface area (Å²) in [7, 11) is 0. The van der Waals surface area contributed by atoms with E-state index in [4.69, 9.17) is 4.74 Å². The Morgan fingerprint density at radius 3 is 2.38 bits per heavy atom. The fraction of sp³-hybridized carbons (Fsp3) is 0.0500. The number of para-hydroxylation sites is 2. The Labute approximate surface area is 164 Å². The number of anilines is 1. The number of nitrogens with one attached hydrogen (secondary N) is 2. The maximum atomic E-state index is 12.3. The Kier molecular flexibility index (Phi) is 5.49. The van der Waals surface area contributed by atoms with Gasteiger partial charge in [0.1, 0.15) is 11.4 Å². The lowest BCUT2D eigenvalue weighted by Gasteiger charge is -2.08. The molecule has 3 aromatic carbocycles. The van der Waals surface area contributed by atoms with Crippen molar-refractivity contribution in [1.29, 1.82) is 0 Å². The molecule has 0 aromatic heterocycles. The van der Waals surface area contributed by atoms with E-state index in [1.54, 1.807) is 30.3 Å². The van der Waals surface area contributed by atoms with E-state index in [1.807, 2.05) is 0 Å². The van der Waals surface area contributed by atoms with Gasteiger partial charge in [0.25, 0.3) is 11.6 Å². The van der Waals surface area contributed by atoms with E-state index in [0.29, 0.717) is 11.1 Å². The average molecular weight is 393 g/mol. The first-order valence-corrected chi connectivity index (χ1v) is 8.41. The molecule has 0 aliphatic rings. The van der Waals surface area contributed by atoms with Crippen LogP contribution >= 0.6 is 0 Å². The Hall–Kier alpha value is -4.27. The zero-order valence-corrected chi connectivity index (χ0v) is 15.2. The zero-order valence-electron chi connectivity index (χ0n) is 15.2. The molecule has 9 nitrogen and oxygen atoms in total. The maximum absolute atomic E-state index is 12.3. The fourth-order valence-corrected chi connectivity index (χ4v) is 2.66. The van der Waals surface area contributed by atoms with Gasteiger partial charge in [-0.25, -0.2) is 4.79 Å². The van der Waals surface area contributed by atoms with Crippen LogP contribution in [0.2, 0.25) is 0 Å². The molecule has 0 aliphatic heterocycles. The second kappa shape index (κ2) is 8.17. The van der Waals surface area contributed by atoms with Gasteiger partial charge in [-0.05, 0) is 41.1 Å². The number of benzene rings is 3. The second-order valence-electron chi connectivity index (χ2n) is 6.00. The highest BCUT2D eigenvalue weighted by atomic mass is 16.6. The highest BCUT2D eigenvalue weighted by Gasteiger charge is 2.17. The molecule has 3 amide bonds. The number of amides is 3. The van der Waals surface area contributed by atoms with Gasteiger partial charge in [-0.2, -0.15) is 0 Å². The minimum Gasteiger partial charge on any atom is -0.427 e. The number of esters is 1. The molecule has 0 spiro atoms. The van der Waals surface area contributed by atoms with Crippen LogP contribution < -0.4 is 15.4 Å². The number of hydrogen-bond donors (Lipinski definition) is 2. The van der Waals surface area contributed by atoms with Crippen molar-refractivity contribution in [2.45, 2.75) is 6.92 Å². The van der Waals surface area contributed by atoms with Crippen molar-refractivity contribution in [3.63, 3.8) is 0 Å². The molecular weight excluding hydrogens is 378 g/mol. The van der Waals surface area contributed by atoms with Crippen LogP contribution in [0.15, 0.2) is 60.7 Å². The summed E-state index contributed by atoms with van der Waals surface area (Å²) in [5.41, 5.74) is -0.0980. The van der Waals surface area contributed by atoms with Crippen molar-refractivity contribution in [3.8, 4) is 5.75 Å². The van der Waals surface area contributed by atoms with E-state index in [9.17, 15) is 24.5 Å². The molecule has 3 rings (SSSR count). The summed E-state index contributed by atoms with van der Waals surface area (Å²) < 4.78 is 5.02. The minimum atomic E-state index is -0.894. The number of carbonyl (C=O) groups excluding carboxylic acids is 3. The number of fused-ring (bicyclic) bond motifs is 1. The Balaban J connectivity index is 1.73. The van der Waals surface area contributed by atoms with Crippen LogP contribution in [0.5, 0.6) is 5.75 Å². The molecule has 0 saturated heterocycles. The lowest BCUT2D eigenvalue weighted by Crippen LogP contribution is -2.34. The molecule has 9 heteroatoms. The third-order valence-electron chi connectivity index (χ3n) is 3.91. The summed E-state index contributed by atoms with van der Waals surface area (Å²) in [6.07, 6.45) is 0. The van der Waals surface area contributed by atoms with Crippen LogP contribution in [0.1, 0.15) is 17.3 Å². The van der Waals surface area contributed by atoms with Gasteiger partial charge in [0, 0.05) is 18.6 Å². The van der Waals surface area contributed by atoms with Gasteiger partial charge < -0.3 is 10.1 Å². The number of imide groups is 1. The molecule has 0 atom stereocenters. The third kappa shape index (κ3) is 4.72. The predicted octanol–water partition coefficient (Wildman–Crippen LogP) is 3.64. The van der Waals surface area contributed by atoms with E-state index in [-0.39, 0.29) is 16.9 Å². The quantitative estimate of drug-likeness (QED) is 0.301. The molecule has 3 aromatic rings. The number of hydrogen-bond acceptors (Lipinski definition) is 6. The summed E-state index contributed by atoms with van der Waals surface area (Å²) in [6, 6.07) is 14.3. The highest BCUT2D eigenvalue weighted by Crippen LogP contribution is 2.24. The molecule has 0 unspecified atom stereocenters. The van der Waals surface area contributed by atoms with E-state index in [2.05, 4.69) is 10.6 Å². The largest absolute Gasteiger partial charge is 0.427 e. The Morgan fingerprint density at radius 1 is 0.966 bits per heavy atom. The maximum Gasteiger partial charge on any atom is 0.326 e. The molecule has 146 valence electrons. The van der Waals surface area contributed by atoms with Crippen molar-refractivity contribution in [2.24, 2.45) is 0 Å². The van der Waals surface area contributed by atoms with E-state index >= 15 is 0 Å². The highest BCUT2D eigenvalue weighted by molar-refractivity contribution is 6.09. The van der Waals surface area contributed by atoms with E-state index in [0.717, 1.165) is 5.39 Å². The van der Waals surface area contributed by atoms with Crippen molar-refractivity contribution >= 4 is 40.1 Å². The first-order chi connectivity index (χ1) is 13.8. The molecular formula is C20H15N3O6. The van der Waals surface area contributed by atoms with Crippen molar-refractivity contribution in [3.05, 3.63) is 76.3 Å². The average Bonchev–Trinajstić information content (AvgIpc) is 2.67. The van der Waals surface area contributed by atoms with Crippen LogP contribution in [-0.2, 0) is 4.79 Å². The van der Waals surface area contributed by atoms with E-state index in [1.165, 1.54) is 37.3 Å². The number of nitro benzene ring substituents is 1. The van der Waals surface area contributed by atoms with Gasteiger partial charge in [0.2, 0.25) is 0 Å². The van der Waals surface area contributed by atoms with Gasteiger partial charge in [-0.15, -0.1) is 0 Å². The standard InChI is InChI=1S/C20H15N3O6/c1-12(24)29-16-9-8-13-10-15(7-6-14(13)11-16)19(25)22-20(26)21-17-4-2-3-5-18(17)23(27)28/h2-11H,1H3,(H2,21,22,25,26). The van der Waals surface area contributed by atoms with E-state index < -0.39 is 22.8 Å². The molecule has 0 saturated carbocycles. The number of nitro groups is 1. The second-order valence-corrected chi connectivity index (χ2v) is 6.00. The zero-order chi connectivity index (χ0) is 21.0. The molecule has 0 bridgehead atoms. The summed E-state index contributed by atoms with van der Waals surface area (Å²) in [5, 5.41) is 16.9.